The zero-order chi connectivity index (χ0) is 23.6. The van der Waals surface area contributed by atoms with Crippen LogP contribution < -0.4 is 10.6 Å². The molecular weight excluding hydrogens is 420 g/mol. The van der Waals surface area contributed by atoms with Gasteiger partial charge in [-0.1, -0.05) is 109 Å². The molecule has 0 heterocycles. The predicted octanol–water partition coefficient (Wildman–Crippen LogP) is 6.60. The first-order chi connectivity index (χ1) is 16.7. The SMILES string of the molecule is O=C(Nc1ccc(/C=C/c2ccccc2)cc1)C(=O)Nc1ccc(/C=C/c2ccccc2)cc1. The standard InChI is InChI=1S/C30H24N2O2/c33-29(31-27-19-15-25(16-20-27)13-11-23-7-3-1-4-8-23)30(34)32-28-21-17-26(18-22-28)14-12-24-9-5-2-6-10-24/h1-22H,(H,31,33)(H,32,34)/b13-11+,14-12+. The summed E-state index contributed by atoms with van der Waals surface area (Å²) in [5.41, 5.74) is 5.31. The van der Waals surface area contributed by atoms with Crippen molar-refractivity contribution in [3.05, 3.63) is 131 Å². The van der Waals surface area contributed by atoms with E-state index in [9.17, 15) is 9.59 Å². The van der Waals surface area contributed by atoms with Crippen molar-refractivity contribution in [2.45, 2.75) is 0 Å². The van der Waals surface area contributed by atoms with Crippen LogP contribution in [0, 0.1) is 0 Å². The molecule has 0 aliphatic carbocycles. The van der Waals surface area contributed by atoms with Crippen LogP contribution >= 0.6 is 0 Å². The zero-order valence-electron chi connectivity index (χ0n) is 18.5. The third-order valence-corrected chi connectivity index (χ3v) is 5.08. The highest BCUT2D eigenvalue weighted by Crippen LogP contribution is 2.15. The highest BCUT2D eigenvalue weighted by Gasteiger charge is 2.13. The molecule has 2 N–H and O–H groups in total. The Morgan fingerprint density at radius 1 is 0.412 bits per heavy atom. The Morgan fingerprint density at radius 2 is 0.706 bits per heavy atom. The molecule has 0 saturated carbocycles. The normalized spacial score (nSPS) is 10.9. The van der Waals surface area contributed by atoms with Crippen LogP contribution in [0.2, 0.25) is 0 Å². The van der Waals surface area contributed by atoms with Crippen molar-refractivity contribution in [1.29, 1.82) is 0 Å². The number of carbonyl (C=O) groups is 2. The van der Waals surface area contributed by atoms with Crippen LogP contribution in [0.3, 0.4) is 0 Å². The minimum absolute atomic E-state index is 0.554. The Kier molecular flexibility index (Phi) is 7.44. The third kappa shape index (κ3) is 6.65. The minimum atomic E-state index is -0.722. The second-order valence-corrected chi connectivity index (χ2v) is 7.64. The topological polar surface area (TPSA) is 58.2 Å². The molecule has 0 radical (unpaired) electrons. The van der Waals surface area contributed by atoms with Crippen LogP contribution in [0.5, 0.6) is 0 Å². The van der Waals surface area contributed by atoms with Gasteiger partial charge in [-0.3, -0.25) is 9.59 Å². The number of carbonyl (C=O) groups excluding carboxylic acids is 2. The van der Waals surface area contributed by atoms with E-state index in [1.807, 2.05) is 109 Å². The molecule has 0 atom stereocenters. The summed E-state index contributed by atoms with van der Waals surface area (Å²) in [6, 6.07) is 34.6. The van der Waals surface area contributed by atoms with Crippen molar-refractivity contribution in [3.8, 4) is 0 Å². The van der Waals surface area contributed by atoms with E-state index >= 15 is 0 Å². The van der Waals surface area contributed by atoms with Gasteiger partial charge in [-0.15, -0.1) is 0 Å². The van der Waals surface area contributed by atoms with E-state index in [1.165, 1.54) is 0 Å². The van der Waals surface area contributed by atoms with Gasteiger partial charge in [0.15, 0.2) is 0 Å². The van der Waals surface area contributed by atoms with Gasteiger partial charge in [0, 0.05) is 11.4 Å². The fourth-order valence-corrected chi connectivity index (χ4v) is 3.24. The van der Waals surface area contributed by atoms with Gasteiger partial charge in [0.2, 0.25) is 0 Å². The summed E-state index contributed by atoms with van der Waals surface area (Å²) in [5, 5.41) is 5.25. The summed E-state index contributed by atoms with van der Waals surface area (Å²) in [7, 11) is 0. The van der Waals surface area contributed by atoms with E-state index in [4.69, 9.17) is 0 Å². The molecule has 4 nitrogen and oxygen atoms in total. The number of benzene rings is 4. The molecule has 4 aromatic rings. The largest absolute Gasteiger partial charge is 0.318 e. The molecule has 0 bridgehead atoms. The van der Waals surface area contributed by atoms with E-state index in [1.54, 1.807) is 24.3 Å². The molecule has 0 aromatic heterocycles. The van der Waals surface area contributed by atoms with Gasteiger partial charge in [-0.05, 0) is 46.5 Å². The number of hydrogen-bond acceptors (Lipinski definition) is 2. The van der Waals surface area contributed by atoms with Gasteiger partial charge in [0.25, 0.3) is 0 Å². The van der Waals surface area contributed by atoms with Crippen molar-refractivity contribution < 1.29 is 9.59 Å². The van der Waals surface area contributed by atoms with Gasteiger partial charge in [-0.2, -0.15) is 0 Å². The lowest BCUT2D eigenvalue weighted by molar-refractivity contribution is -0.132. The van der Waals surface area contributed by atoms with Crippen molar-refractivity contribution in [1.82, 2.24) is 0 Å². The number of amides is 2. The molecule has 0 fully saturated rings. The number of anilines is 2. The van der Waals surface area contributed by atoms with Gasteiger partial charge < -0.3 is 10.6 Å². The molecule has 0 aliphatic rings. The van der Waals surface area contributed by atoms with Crippen LogP contribution in [-0.4, -0.2) is 11.8 Å². The Bertz CT molecular complexity index is 1190. The van der Waals surface area contributed by atoms with E-state index < -0.39 is 11.8 Å². The summed E-state index contributed by atoms with van der Waals surface area (Å²) in [5.74, 6) is -1.44. The summed E-state index contributed by atoms with van der Waals surface area (Å²) in [4.78, 5) is 24.6. The molecule has 0 aliphatic heterocycles. The second-order valence-electron chi connectivity index (χ2n) is 7.64. The smallest absolute Gasteiger partial charge is 0.314 e. The van der Waals surface area contributed by atoms with Crippen LogP contribution in [0.1, 0.15) is 22.3 Å². The van der Waals surface area contributed by atoms with Gasteiger partial charge in [0.05, 0.1) is 0 Å². The summed E-state index contributed by atoms with van der Waals surface area (Å²) in [6.07, 6.45) is 8.02. The number of rotatable bonds is 6. The maximum atomic E-state index is 12.3. The average Bonchev–Trinajstić information content (AvgIpc) is 2.89. The van der Waals surface area contributed by atoms with E-state index in [0.29, 0.717) is 11.4 Å². The Balaban J connectivity index is 1.29. The lowest BCUT2D eigenvalue weighted by atomic mass is 10.1. The fraction of sp³-hybridized carbons (Fsp3) is 0. The van der Waals surface area contributed by atoms with E-state index in [-0.39, 0.29) is 0 Å². The van der Waals surface area contributed by atoms with Crippen molar-refractivity contribution >= 4 is 47.5 Å². The maximum absolute atomic E-state index is 12.3. The molecule has 4 rings (SSSR count). The molecule has 0 spiro atoms. The maximum Gasteiger partial charge on any atom is 0.314 e. The highest BCUT2D eigenvalue weighted by molar-refractivity contribution is 6.43. The molecule has 0 unspecified atom stereocenters. The first-order valence-electron chi connectivity index (χ1n) is 10.9. The predicted molar refractivity (Wildman–Crippen MR) is 141 cm³/mol. The van der Waals surface area contributed by atoms with Crippen LogP contribution in [-0.2, 0) is 9.59 Å². The summed E-state index contributed by atoms with van der Waals surface area (Å²) < 4.78 is 0. The molecule has 34 heavy (non-hydrogen) atoms. The zero-order valence-corrected chi connectivity index (χ0v) is 18.5. The first-order valence-corrected chi connectivity index (χ1v) is 10.9. The lowest BCUT2D eigenvalue weighted by Gasteiger charge is -2.07. The van der Waals surface area contributed by atoms with Crippen LogP contribution in [0.4, 0.5) is 11.4 Å². The fourth-order valence-electron chi connectivity index (χ4n) is 3.24. The molecule has 166 valence electrons. The van der Waals surface area contributed by atoms with E-state index in [2.05, 4.69) is 10.6 Å². The first kappa shape index (κ1) is 22.5. The highest BCUT2D eigenvalue weighted by atomic mass is 16.2. The summed E-state index contributed by atoms with van der Waals surface area (Å²) in [6.45, 7) is 0. The minimum Gasteiger partial charge on any atom is -0.318 e. The summed E-state index contributed by atoms with van der Waals surface area (Å²) >= 11 is 0. The molecule has 0 saturated heterocycles. The Labute approximate surface area is 199 Å². The molecule has 4 heteroatoms. The average molecular weight is 445 g/mol. The van der Waals surface area contributed by atoms with Crippen LogP contribution in [0.15, 0.2) is 109 Å². The molecular formula is C30H24N2O2. The van der Waals surface area contributed by atoms with Crippen molar-refractivity contribution in [2.75, 3.05) is 10.6 Å². The quantitative estimate of drug-likeness (QED) is 0.260. The van der Waals surface area contributed by atoms with Crippen molar-refractivity contribution in [2.24, 2.45) is 0 Å². The Morgan fingerprint density at radius 3 is 1.03 bits per heavy atom. The van der Waals surface area contributed by atoms with Crippen molar-refractivity contribution in [3.63, 3.8) is 0 Å². The van der Waals surface area contributed by atoms with Crippen LogP contribution in [0.25, 0.3) is 24.3 Å². The Hall–Kier alpha value is -4.70. The third-order valence-electron chi connectivity index (χ3n) is 5.08. The monoisotopic (exact) mass is 444 g/mol. The number of nitrogens with one attached hydrogen (secondary N) is 2. The second kappa shape index (κ2) is 11.2. The molecule has 2 amide bonds. The number of hydrogen-bond donors (Lipinski definition) is 2. The van der Waals surface area contributed by atoms with Gasteiger partial charge in [0.1, 0.15) is 0 Å². The lowest BCUT2D eigenvalue weighted by Crippen LogP contribution is -2.29. The van der Waals surface area contributed by atoms with Gasteiger partial charge in [-0.25, -0.2) is 0 Å². The van der Waals surface area contributed by atoms with E-state index in [0.717, 1.165) is 22.3 Å². The van der Waals surface area contributed by atoms with Gasteiger partial charge >= 0.3 is 11.8 Å². The molecule has 4 aromatic carbocycles.